The summed E-state index contributed by atoms with van der Waals surface area (Å²) < 4.78 is 5.31. The number of ketones is 2. The van der Waals surface area contributed by atoms with Gasteiger partial charge in [0.05, 0.1) is 29.1 Å². The molecule has 3 N–H and O–H groups in total. The van der Waals surface area contributed by atoms with Crippen LogP contribution in [0.25, 0.3) is 0 Å². The highest BCUT2D eigenvalue weighted by molar-refractivity contribution is 9.12. The highest BCUT2D eigenvalue weighted by Crippen LogP contribution is 2.56. The predicted octanol–water partition coefficient (Wildman–Crippen LogP) is 2.05. The molecule has 4 aliphatic rings. The van der Waals surface area contributed by atoms with Crippen LogP contribution >= 0.6 is 15.9 Å². The number of benzene rings is 2. The van der Waals surface area contributed by atoms with E-state index < -0.39 is 42.6 Å². The lowest BCUT2D eigenvalue weighted by Crippen LogP contribution is -2.39. The summed E-state index contributed by atoms with van der Waals surface area (Å²) in [6.45, 7) is 0. The summed E-state index contributed by atoms with van der Waals surface area (Å²) in [5.41, 5.74) is 2.27. The van der Waals surface area contributed by atoms with E-state index in [1.54, 1.807) is 18.2 Å². The number of carbonyl (C=O) groups excluding carboxylic acids is 4. The van der Waals surface area contributed by atoms with Crippen LogP contribution in [0.2, 0.25) is 0 Å². The van der Waals surface area contributed by atoms with E-state index in [0.717, 1.165) is 10.5 Å². The van der Waals surface area contributed by atoms with Gasteiger partial charge in [-0.2, -0.15) is 0 Å². The van der Waals surface area contributed by atoms with Gasteiger partial charge < -0.3 is 19.9 Å². The minimum Gasteiger partial charge on any atom is -0.504 e. The number of methoxy groups -OCH3 is 1. The number of hydrogen-bond acceptors (Lipinski definition) is 8. The van der Waals surface area contributed by atoms with E-state index in [9.17, 15) is 34.3 Å². The molecule has 0 bridgehead atoms. The Labute approximate surface area is 237 Å². The molecule has 2 aromatic rings. The molecule has 2 amide bonds. The van der Waals surface area contributed by atoms with Crippen LogP contribution in [0.1, 0.15) is 24.3 Å². The lowest BCUT2D eigenvalue weighted by molar-refractivity contribution is -0.123. The number of ether oxygens (including phenoxy) is 1. The second-order valence-corrected chi connectivity index (χ2v) is 11.2. The normalized spacial score (nSPS) is 25.8. The van der Waals surface area contributed by atoms with Crippen molar-refractivity contribution in [3.63, 3.8) is 0 Å². The van der Waals surface area contributed by atoms with E-state index >= 15 is 0 Å². The van der Waals surface area contributed by atoms with Gasteiger partial charge in [0.25, 0.3) is 0 Å². The number of phenols is 1. The Morgan fingerprint density at radius 1 is 1.02 bits per heavy atom. The van der Waals surface area contributed by atoms with Crippen LogP contribution in [0.3, 0.4) is 0 Å². The maximum atomic E-state index is 13.9. The van der Waals surface area contributed by atoms with E-state index in [2.05, 4.69) is 15.9 Å². The van der Waals surface area contributed by atoms with E-state index in [-0.39, 0.29) is 57.1 Å². The third kappa shape index (κ3) is 3.91. The molecular weight excluding hydrogens is 581 g/mol. The summed E-state index contributed by atoms with van der Waals surface area (Å²) in [7, 11) is -0.345. The van der Waals surface area contributed by atoms with Gasteiger partial charge >= 0.3 is 7.12 Å². The first kappa shape index (κ1) is 26.4. The Morgan fingerprint density at radius 2 is 1.80 bits per heavy atom. The standard InChI is InChI=1S/C29H23BBrNO8/c1-40-23-8-5-13(9-21(23)33)24-16-6-7-17-25(18(16)11-19-26(24)22(34)12-20(31)27(19)35)29(37)32(28(17)36)15-4-2-3-14(10-15)30(38)39/h2-6,8-10,12,17-18,24-25,33,38-39H,7,11H2,1H3/t17-,18+,24-,25-/m0/s1. The highest BCUT2D eigenvalue weighted by atomic mass is 79.9. The summed E-state index contributed by atoms with van der Waals surface area (Å²) in [4.78, 5) is 55.3. The number of rotatable bonds is 4. The fourth-order valence-electron chi connectivity index (χ4n) is 6.55. The van der Waals surface area contributed by atoms with Crippen LogP contribution in [-0.2, 0) is 19.2 Å². The van der Waals surface area contributed by atoms with Gasteiger partial charge in [0.15, 0.2) is 23.1 Å². The number of Topliss-reactive ketones (excluding diaryl/α,β-unsaturated/α-hetero) is 1. The lowest BCUT2D eigenvalue weighted by Gasteiger charge is -2.42. The van der Waals surface area contributed by atoms with Gasteiger partial charge in [-0.25, -0.2) is 0 Å². The smallest absolute Gasteiger partial charge is 0.488 e. The third-order valence-electron chi connectivity index (χ3n) is 8.29. The average molecular weight is 604 g/mol. The van der Waals surface area contributed by atoms with E-state index in [4.69, 9.17) is 4.74 Å². The number of hydrogen-bond donors (Lipinski definition) is 3. The van der Waals surface area contributed by atoms with Gasteiger partial charge in [-0.05, 0) is 70.0 Å². The molecule has 2 aromatic carbocycles. The fraction of sp³-hybridized carbons (Fsp3) is 0.241. The Morgan fingerprint density at radius 3 is 2.50 bits per heavy atom. The van der Waals surface area contributed by atoms with Gasteiger partial charge in [-0.15, -0.1) is 0 Å². The van der Waals surface area contributed by atoms with Crippen molar-refractivity contribution in [3.8, 4) is 11.5 Å². The first-order valence-corrected chi connectivity index (χ1v) is 13.5. The maximum absolute atomic E-state index is 13.9. The van der Waals surface area contributed by atoms with E-state index in [1.165, 1.54) is 37.5 Å². The molecule has 9 nitrogen and oxygen atoms in total. The number of halogens is 1. The molecule has 202 valence electrons. The van der Waals surface area contributed by atoms with Crippen LogP contribution in [0, 0.1) is 17.8 Å². The number of amides is 2. The number of imide groups is 1. The molecular formula is C29H23BBrNO8. The van der Waals surface area contributed by atoms with Crippen molar-refractivity contribution in [3.05, 3.63) is 81.4 Å². The minimum absolute atomic E-state index is 0.108. The Kier molecular flexibility index (Phi) is 6.40. The van der Waals surface area contributed by atoms with Crippen LogP contribution in [-0.4, -0.2) is 52.8 Å². The van der Waals surface area contributed by atoms with Crippen LogP contribution < -0.4 is 15.1 Å². The van der Waals surface area contributed by atoms with Gasteiger partial charge in [0, 0.05) is 23.1 Å². The molecule has 0 aromatic heterocycles. The zero-order valence-corrected chi connectivity index (χ0v) is 22.8. The maximum Gasteiger partial charge on any atom is 0.488 e. The Bertz CT molecular complexity index is 1610. The van der Waals surface area contributed by atoms with Gasteiger partial charge in [0.2, 0.25) is 11.8 Å². The molecule has 1 heterocycles. The number of anilines is 1. The number of aromatic hydroxyl groups is 1. The molecule has 6 rings (SSSR count). The number of fused-ring (bicyclic) bond motifs is 3. The summed E-state index contributed by atoms with van der Waals surface area (Å²) in [5.74, 6) is -4.13. The molecule has 1 fully saturated rings. The Hall–Kier alpha value is -3.80. The molecule has 1 saturated heterocycles. The van der Waals surface area contributed by atoms with Gasteiger partial charge in [-0.3, -0.25) is 24.1 Å². The van der Waals surface area contributed by atoms with Crippen LogP contribution in [0.4, 0.5) is 5.69 Å². The summed E-state index contributed by atoms with van der Waals surface area (Å²) >= 11 is 3.20. The van der Waals surface area contributed by atoms with Crippen molar-refractivity contribution >= 4 is 57.6 Å². The molecule has 4 atom stereocenters. The van der Waals surface area contributed by atoms with E-state index in [1.807, 2.05) is 6.08 Å². The molecule has 0 saturated carbocycles. The summed E-state index contributed by atoms with van der Waals surface area (Å²) in [6, 6.07) is 10.8. The predicted molar refractivity (Wildman–Crippen MR) is 148 cm³/mol. The summed E-state index contributed by atoms with van der Waals surface area (Å²) in [6.07, 6.45) is 3.49. The zero-order valence-electron chi connectivity index (χ0n) is 21.2. The molecule has 11 heteroatoms. The third-order valence-corrected chi connectivity index (χ3v) is 8.88. The van der Waals surface area contributed by atoms with Crippen LogP contribution in [0.5, 0.6) is 11.5 Å². The quantitative estimate of drug-likeness (QED) is 0.209. The minimum atomic E-state index is -1.77. The molecule has 0 unspecified atom stereocenters. The number of allylic oxidation sites excluding steroid dienone is 6. The zero-order chi connectivity index (χ0) is 28.5. The van der Waals surface area contributed by atoms with Crippen molar-refractivity contribution in [2.45, 2.75) is 18.8 Å². The largest absolute Gasteiger partial charge is 0.504 e. The second kappa shape index (κ2) is 9.69. The molecule has 0 spiro atoms. The fourth-order valence-corrected chi connectivity index (χ4v) is 7.00. The van der Waals surface area contributed by atoms with Crippen LogP contribution in [0.15, 0.2) is 75.8 Å². The molecule has 0 radical (unpaired) electrons. The number of nitrogens with zero attached hydrogens (tertiary/aromatic N) is 1. The van der Waals surface area contributed by atoms with Crippen molar-refractivity contribution in [2.75, 3.05) is 12.0 Å². The molecule has 1 aliphatic heterocycles. The van der Waals surface area contributed by atoms with Gasteiger partial charge in [0.1, 0.15) is 0 Å². The topological polar surface area (TPSA) is 141 Å². The van der Waals surface area contributed by atoms with E-state index in [0.29, 0.717) is 11.1 Å². The van der Waals surface area contributed by atoms with Gasteiger partial charge in [-0.1, -0.05) is 29.8 Å². The first-order valence-electron chi connectivity index (χ1n) is 12.7. The SMILES string of the molecule is COc1ccc([C@H]2C3=CC[C@@H]4C(=O)N(c5cccc(B(O)O)c5)C(=O)[C@@H]4[C@@H]3CC3=C2C(=O)C=C(Br)C3=O)cc1O. The molecule has 40 heavy (non-hydrogen) atoms. The Balaban J connectivity index is 1.47. The van der Waals surface area contributed by atoms with Crippen molar-refractivity contribution in [1.82, 2.24) is 0 Å². The average Bonchev–Trinajstić information content (AvgIpc) is 3.20. The number of carbonyl (C=O) groups is 4. The monoisotopic (exact) mass is 603 g/mol. The lowest BCUT2D eigenvalue weighted by atomic mass is 9.59. The van der Waals surface area contributed by atoms with Crippen molar-refractivity contribution in [1.29, 1.82) is 0 Å². The highest BCUT2D eigenvalue weighted by Gasteiger charge is 2.56. The summed E-state index contributed by atoms with van der Waals surface area (Å²) in [5, 5.41) is 29.8. The van der Waals surface area contributed by atoms with Crippen molar-refractivity contribution < 1.29 is 39.1 Å². The van der Waals surface area contributed by atoms with Crippen molar-refractivity contribution in [2.24, 2.45) is 17.8 Å². The second-order valence-electron chi connectivity index (χ2n) is 10.3. The molecule has 3 aliphatic carbocycles. The number of phenolic OH excluding ortho intramolecular Hbond substituents is 1. The first-order chi connectivity index (χ1) is 19.1.